The molecule has 0 aliphatic carbocycles. The van der Waals surface area contributed by atoms with Gasteiger partial charge >= 0.3 is 12.1 Å². The van der Waals surface area contributed by atoms with Gasteiger partial charge in [-0.25, -0.2) is 0 Å². The van der Waals surface area contributed by atoms with Crippen molar-refractivity contribution in [3.63, 3.8) is 0 Å². The molecule has 0 aromatic rings. The summed E-state index contributed by atoms with van der Waals surface area (Å²) in [5.41, 5.74) is -2.44. The zero-order chi connectivity index (χ0) is 12.2. The lowest BCUT2D eigenvalue weighted by molar-refractivity contribution is -0.398. The van der Waals surface area contributed by atoms with Gasteiger partial charge in [-0.1, -0.05) is 6.92 Å². The van der Waals surface area contributed by atoms with E-state index in [9.17, 15) is 22.0 Å². The molecule has 3 atom stereocenters. The average Bonchev–Trinajstić information content (AvgIpc) is 2.85. The van der Waals surface area contributed by atoms with E-state index in [1.165, 1.54) is 6.92 Å². The van der Waals surface area contributed by atoms with Crippen LogP contribution in [0.2, 0.25) is 0 Å². The summed E-state index contributed by atoms with van der Waals surface area (Å²) in [5, 5.41) is 0. The number of hydrogen-bond acceptors (Lipinski definition) is 2. The van der Waals surface area contributed by atoms with E-state index in [4.69, 9.17) is 4.74 Å². The van der Waals surface area contributed by atoms with Gasteiger partial charge in [0.15, 0.2) is 0 Å². The predicted octanol–water partition coefficient (Wildman–Crippen LogP) is 2.38. The molecular formula is C9H11F5O2. The molecule has 2 rings (SSSR count). The standard InChI is InChI=1S/C9H11F5O2/c1-2-7(8(10,11)9(12,13)14)5(3-16-7)6-4-15-6/h5-6H,2-4H2,1H3. The van der Waals surface area contributed by atoms with E-state index in [2.05, 4.69) is 4.74 Å². The van der Waals surface area contributed by atoms with Crippen LogP contribution in [0.5, 0.6) is 0 Å². The van der Waals surface area contributed by atoms with Crippen molar-refractivity contribution in [3.05, 3.63) is 0 Å². The number of ether oxygens (including phenoxy) is 2. The minimum atomic E-state index is -5.59. The molecule has 0 amide bonds. The van der Waals surface area contributed by atoms with Crippen molar-refractivity contribution in [2.75, 3.05) is 13.2 Å². The summed E-state index contributed by atoms with van der Waals surface area (Å²) in [6.45, 7) is 1.42. The summed E-state index contributed by atoms with van der Waals surface area (Å²) in [6.07, 6.45) is -6.48. The van der Waals surface area contributed by atoms with Gasteiger partial charge in [-0.3, -0.25) is 0 Å². The molecular weight excluding hydrogens is 235 g/mol. The fourth-order valence-corrected chi connectivity index (χ4v) is 2.23. The fraction of sp³-hybridized carbons (Fsp3) is 1.00. The second kappa shape index (κ2) is 3.29. The molecule has 2 fully saturated rings. The van der Waals surface area contributed by atoms with Crippen LogP contribution in [0.25, 0.3) is 0 Å². The zero-order valence-electron chi connectivity index (χ0n) is 8.48. The molecule has 0 aromatic carbocycles. The Bertz CT molecular complexity index is 282. The number of alkyl halides is 5. The van der Waals surface area contributed by atoms with Crippen molar-refractivity contribution in [2.45, 2.75) is 37.1 Å². The van der Waals surface area contributed by atoms with Crippen LogP contribution in [-0.2, 0) is 9.47 Å². The maximum absolute atomic E-state index is 13.4. The lowest BCUT2D eigenvalue weighted by atomic mass is 9.73. The second-order valence-electron chi connectivity index (χ2n) is 4.10. The first-order chi connectivity index (χ1) is 7.26. The van der Waals surface area contributed by atoms with Gasteiger partial charge in [0, 0.05) is 5.92 Å². The van der Waals surface area contributed by atoms with Gasteiger partial charge in [0.1, 0.15) is 5.60 Å². The van der Waals surface area contributed by atoms with Crippen LogP contribution in [0.3, 0.4) is 0 Å². The highest BCUT2D eigenvalue weighted by Crippen LogP contribution is 2.57. The lowest BCUT2D eigenvalue weighted by Crippen LogP contribution is -2.70. The molecule has 2 nitrogen and oxygen atoms in total. The third-order valence-corrected chi connectivity index (χ3v) is 3.34. The number of halogens is 5. The first kappa shape index (κ1) is 12.0. The minimum Gasteiger partial charge on any atom is -0.373 e. The quantitative estimate of drug-likeness (QED) is 0.563. The number of rotatable bonds is 3. The maximum atomic E-state index is 13.4. The molecule has 2 aliphatic heterocycles. The minimum absolute atomic E-state index is 0.0931. The van der Waals surface area contributed by atoms with E-state index >= 15 is 0 Å². The Kier molecular flexibility index (Phi) is 2.47. The van der Waals surface area contributed by atoms with Crippen molar-refractivity contribution < 1.29 is 31.4 Å². The van der Waals surface area contributed by atoms with E-state index in [0.29, 0.717) is 0 Å². The Balaban J connectivity index is 2.27. The van der Waals surface area contributed by atoms with Crippen LogP contribution in [-0.4, -0.2) is 37.0 Å². The monoisotopic (exact) mass is 246 g/mol. The van der Waals surface area contributed by atoms with Crippen molar-refractivity contribution in [3.8, 4) is 0 Å². The van der Waals surface area contributed by atoms with Gasteiger partial charge < -0.3 is 9.47 Å². The summed E-state index contributed by atoms with van der Waals surface area (Å²) in [4.78, 5) is 0. The number of epoxide rings is 1. The second-order valence-corrected chi connectivity index (χ2v) is 4.10. The highest BCUT2D eigenvalue weighted by atomic mass is 19.4. The molecule has 3 unspecified atom stereocenters. The summed E-state index contributed by atoms with van der Waals surface area (Å²) in [5.74, 6) is -5.70. The van der Waals surface area contributed by atoms with E-state index in [1.54, 1.807) is 0 Å². The molecule has 2 aliphatic rings. The summed E-state index contributed by atoms with van der Waals surface area (Å²) in [7, 11) is 0. The maximum Gasteiger partial charge on any atom is 0.456 e. The summed E-state index contributed by atoms with van der Waals surface area (Å²) >= 11 is 0. The molecule has 0 spiro atoms. The summed E-state index contributed by atoms with van der Waals surface area (Å²) in [6, 6.07) is 0. The van der Waals surface area contributed by atoms with Crippen LogP contribution in [0.15, 0.2) is 0 Å². The van der Waals surface area contributed by atoms with Gasteiger partial charge in [-0.2, -0.15) is 22.0 Å². The Hall–Kier alpha value is -0.430. The Morgan fingerprint density at radius 2 is 1.75 bits per heavy atom. The van der Waals surface area contributed by atoms with Crippen LogP contribution < -0.4 is 0 Å². The van der Waals surface area contributed by atoms with E-state index < -0.39 is 29.7 Å². The number of hydrogen-bond donors (Lipinski definition) is 0. The van der Waals surface area contributed by atoms with Crippen molar-refractivity contribution in [1.82, 2.24) is 0 Å². The van der Waals surface area contributed by atoms with Crippen molar-refractivity contribution >= 4 is 0 Å². The smallest absolute Gasteiger partial charge is 0.373 e. The summed E-state index contributed by atoms with van der Waals surface area (Å²) < 4.78 is 73.1. The van der Waals surface area contributed by atoms with E-state index in [1.807, 2.05) is 0 Å². The molecule has 0 saturated carbocycles. The Morgan fingerprint density at radius 1 is 1.19 bits per heavy atom. The topological polar surface area (TPSA) is 21.8 Å². The predicted molar refractivity (Wildman–Crippen MR) is 43.2 cm³/mol. The van der Waals surface area contributed by atoms with Gasteiger partial charge in [0.05, 0.1) is 19.3 Å². The van der Waals surface area contributed by atoms with Crippen LogP contribution in [0, 0.1) is 5.92 Å². The first-order valence-electron chi connectivity index (χ1n) is 4.96. The first-order valence-corrected chi connectivity index (χ1v) is 4.96. The van der Waals surface area contributed by atoms with Crippen LogP contribution in [0.1, 0.15) is 13.3 Å². The molecule has 0 radical (unpaired) electrons. The van der Waals surface area contributed by atoms with Crippen LogP contribution >= 0.6 is 0 Å². The van der Waals surface area contributed by atoms with E-state index in [0.717, 1.165) is 0 Å². The molecule has 2 saturated heterocycles. The SMILES string of the molecule is CCC1(C(F)(F)C(F)(F)F)OCC1C1CO1. The van der Waals surface area contributed by atoms with Crippen molar-refractivity contribution in [1.29, 1.82) is 0 Å². The zero-order valence-corrected chi connectivity index (χ0v) is 8.48. The lowest BCUT2D eigenvalue weighted by Gasteiger charge is -2.52. The highest BCUT2D eigenvalue weighted by Gasteiger charge is 2.77. The molecule has 0 bridgehead atoms. The molecule has 0 aromatic heterocycles. The fourth-order valence-electron chi connectivity index (χ4n) is 2.23. The van der Waals surface area contributed by atoms with Crippen molar-refractivity contribution in [2.24, 2.45) is 5.92 Å². The van der Waals surface area contributed by atoms with Gasteiger partial charge in [-0.05, 0) is 6.42 Å². The molecule has 0 N–H and O–H groups in total. The normalized spacial score (nSPS) is 39.4. The Morgan fingerprint density at radius 3 is 2.00 bits per heavy atom. The molecule has 2 heterocycles. The van der Waals surface area contributed by atoms with Gasteiger partial charge in [0.2, 0.25) is 0 Å². The largest absolute Gasteiger partial charge is 0.456 e. The molecule has 7 heteroatoms. The van der Waals surface area contributed by atoms with Crippen LogP contribution in [0.4, 0.5) is 22.0 Å². The van der Waals surface area contributed by atoms with Gasteiger partial charge in [0.25, 0.3) is 0 Å². The Labute approximate surface area is 88.7 Å². The third-order valence-electron chi connectivity index (χ3n) is 3.34. The molecule has 94 valence electrons. The molecule has 16 heavy (non-hydrogen) atoms. The highest BCUT2D eigenvalue weighted by molar-refractivity contribution is 5.11. The van der Waals surface area contributed by atoms with Gasteiger partial charge in [-0.15, -0.1) is 0 Å². The average molecular weight is 246 g/mol. The third kappa shape index (κ3) is 1.37. The van der Waals surface area contributed by atoms with E-state index in [-0.39, 0.29) is 19.6 Å².